The molecule has 3 aromatic carbocycles. The van der Waals surface area contributed by atoms with Gasteiger partial charge in [-0.1, -0.05) is 43.3 Å². The highest BCUT2D eigenvalue weighted by molar-refractivity contribution is 7.92. The summed E-state index contributed by atoms with van der Waals surface area (Å²) in [6.45, 7) is 2.82. The van der Waals surface area contributed by atoms with Crippen LogP contribution in [0.4, 0.5) is 5.69 Å². The maximum absolute atomic E-state index is 13.4. The van der Waals surface area contributed by atoms with E-state index in [1.54, 1.807) is 42.5 Å². The Bertz CT molecular complexity index is 1180. The fourth-order valence-corrected chi connectivity index (χ4v) is 4.96. The molecule has 0 radical (unpaired) electrons. The van der Waals surface area contributed by atoms with Crippen molar-refractivity contribution in [1.82, 2.24) is 5.32 Å². The van der Waals surface area contributed by atoms with E-state index in [0.29, 0.717) is 31.0 Å². The van der Waals surface area contributed by atoms with Crippen LogP contribution < -0.4 is 19.1 Å². The predicted octanol–water partition coefficient (Wildman–Crippen LogP) is 4.43. The summed E-state index contributed by atoms with van der Waals surface area (Å²) >= 11 is 0. The lowest BCUT2D eigenvalue weighted by molar-refractivity contribution is -0.119. The second-order valence-electron chi connectivity index (χ2n) is 7.93. The Hall–Kier alpha value is -3.52. The van der Waals surface area contributed by atoms with E-state index in [1.165, 1.54) is 19.2 Å². The Morgan fingerprint density at radius 1 is 0.943 bits per heavy atom. The Labute approximate surface area is 207 Å². The van der Waals surface area contributed by atoms with Crippen LogP contribution in [0, 0.1) is 0 Å². The largest absolute Gasteiger partial charge is 0.497 e. The van der Waals surface area contributed by atoms with Crippen molar-refractivity contribution < 1.29 is 22.7 Å². The molecule has 0 atom stereocenters. The summed E-state index contributed by atoms with van der Waals surface area (Å²) < 4.78 is 38.8. The van der Waals surface area contributed by atoms with E-state index in [0.717, 1.165) is 28.5 Å². The number of amides is 1. The van der Waals surface area contributed by atoms with Crippen molar-refractivity contribution >= 4 is 21.6 Å². The molecule has 35 heavy (non-hydrogen) atoms. The third kappa shape index (κ3) is 7.23. The molecule has 0 fully saturated rings. The van der Waals surface area contributed by atoms with Crippen LogP contribution >= 0.6 is 0 Å². The van der Waals surface area contributed by atoms with E-state index in [9.17, 15) is 13.2 Å². The van der Waals surface area contributed by atoms with Crippen LogP contribution in [-0.4, -0.2) is 41.1 Å². The molecule has 3 aromatic rings. The number of hydrogen-bond donors (Lipinski definition) is 1. The average Bonchev–Trinajstić information content (AvgIpc) is 2.89. The van der Waals surface area contributed by atoms with Crippen LogP contribution in [-0.2, 0) is 21.2 Å². The molecular formula is C27H32N2O5S. The number of methoxy groups -OCH3 is 1. The van der Waals surface area contributed by atoms with Crippen LogP contribution in [0.3, 0.4) is 0 Å². The smallest absolute Gasteiger partial charge is 0.264 e. The quantitative estimate of drug-likeness (QED) is 0.354. The first-order chi connectivity index (χ1) is 17.0. The van der Waals surface area contributed by atoms with Gasteiger partial charge in [-0.25, -0.2) is 8.42 Å². The Kier molecular flexibility index (Phi) is 9.55. The van der Waals surface area contributed by atoms with E-state index in [4.69, 9.17) is 9.47 Å². The van der Waals surface area contributed by atoms with Crippen molar-refractivity contribution in [3.63, 3.8) is 0 Å². The van der Waals surface area contributed by atoms with E-state index in [2.05, 4.69) is 12.2 Å². The highest BCUT2D eigenvalue weighted by Crippen LogP contribution is 2.25. The van der Waals surface area contributed by atoms with Crippen molar-refractivity contribution in [2.45, 2.75) is 31.1 Å². The Morgan fingerprint density at radius 3 is 2.31 bits per heavy atom. The molecule has 0 aliphatic rings. The molecule has 8 heteroatoms. The minimum absolute atomic E-state index is 0.0821. The summed E-state index contributed by atoms with van der Waals surface area (Å²) in [7, 11) is -2.45. The number of para-hydroxylation sites is 2. The predicted molar refractivity (Wildman–Crippen MR) is 138 cm³/mol. The Morgan fingerprint density at radius 2 is 1.63 bits per heavy atom. The molecular weight excluding hydrogens is 464 g/mol. The third-order valence-electron chi connectivity index (χ3n) is 5.36. The Balaban J connectivity index is 1.65. The number of carbonyl (C=O) groups excluding carboxylic acids is 1. The van der Waals surface area contributed by atoms with Gasteiger partial charge in [0.2, 0.25) is 5.91 Å². The lowest BCUT2D eigenvalue weighted by Crippen LogP contribution is -2.41. The molecule has 0 spiro atoms. The molecule has 0 aliphatic heterocycles. The fraction of sp³-hybridized carbons (Fsp3) is 0.296. The SMILES string of the molecule is CCCOc1ccccc1CCCNC(=O)CN(c1ccccc1)S(=O)(=O)c1ccc(OC)cc1. The highest BCUT2D eigenvalue weighted by Gasteiger charge is 2.27. The van der Waals surface area contributed by atoms with E-state index in [-0.39, 0.29) is 17.3 Å². The van der Waals surface area contributed by atoms with Crippen molar-refractivity contribution in [3.8, 4) is 11.5 Å². The maximum Gasteiger partial charge on any atom is 0.264 e. The minimum Gasteiger partial charge on any atom is -0.497 e. The van der Waals surface area contributed by atoms with Crippen molar-refractivity contribution in [2.24, 2.45) is 0 Å². The number of nitrogens with one attached hydrogen (secondary N) is 1. The molecule has 0 saturated carbocycles. The monoisotopic (exact) mass is 496 g/mol. The van der Waals surface area contributed by atoms with Crippen LogP contribution in [0.5, 0.6) is 11.5 Å². The van der Waals surface area contributed by atoms with Gasteiger partial charge in [-0.2, -0.15) is 0 Å². The first-order valence-corrected chi connectivity index (χ1v) is 13.1. The average molecular weight is 497 g/mol. The van der Waals surface area contributed by atoms with Gasteiger partial charge in [-0.15, -0.1) is 0 Å². The molecule has 1 amide bonds. The maximum atomic E-state index is 13.4. The van der Waals surface area contributed by atoms with Gasteiger partial charge in [0.15, 0.2) is 0 Å². The topological polar surface area (TPSA) is 84.9 Å². The third-order valence-corrected chi connectivity index (χ3v) is 7.15. The number of sulfonamides is 1. The lowest BCUT2D eigenvalue weighted by Gasteiger charge is -2.24. The van der Waals surface area contributed by atoms with Gasteiger partial charge in [0.1, 0.15) is 18.0 Å². The summed E-state index contributed by atoms with van der Waals surface area (Å²) in [6.07, 6.45) is 2.38. The van der Waals surface area contributed by atoms with Gasteiger partial charge in [0, 0.05) is 6.54 Å². The number of ether oxygens (including phenoxy) is 2. The van der Waals surface area contributed by atoms with Gasteiger partial charge >= 0.3 is 0 Å². The molecule has 3 rings (SSSR count). The number of aryl methyl sites for hydroxylation is 1. The van der Waals surface area contributed by atoms with Gasteiger partial charge in [-0.05, 0) is 67.3 Å². The zero-order valence-corrected chi connectivity index (χ0v) is 21.0. The first kappa shape index (κ1) is 26.1. The molecule has 0 heterocycles. The highest BCUT2D eigenvalue weighted by atomic mass is 32.2. The molecule has 1 N–H and O–H groups in total. The second-order valence-corrected chi connectivity index (χ2v) is 9.79. The van der Waals surface area contributed by atoms with Gasteiger partial charge < -0.3 is 14.8 Å². The van der Waals surface area contributed by atoms with Gasteiger partial charge in [0.05, 0.1) is 24.3 Å². The van der Waals surface area contributed by atoms with Crippen molar-refractivity contribution in [3.05, 3.63) is 84.4 Å². The number of benzene rings is 3. The number of anilines is 1. The number of hydrogen-bond acceptors (Lipinski definition) is 5. The van der Waals surface area contributed by atoms with Gasteiger partial charge in [-0.3, -0.25) is 9.10 Å². The van der Waals surface area contributed by atoms with E-state index < -0.39 is 10.0 Å². The molecule has 0 aromatic heterocycles. The lowest BCUT2D eigenvalue weighted by atomic mass is 10.1. The van der Waals surface area contributed by atoms with E-state index >= 15 is 0 Å². The van der Waals surface area contributed by atoms with Crippen LogP contribution in [0.25, 0.3) is 0 Å². The normalized spacial score (nSPS) is 11.0. The summed E-state index contributed by atoms with van der Waals surface area (Å²) in [5.74, 6) is 1.04. The first-order valence-electron chi connectivity index (χ1n) is 11.6. The van der Waals surface area contributed by atoms with Crippen LogP contribution in [0.15, 0.2) is 83.8 Å². The number of carbonyl (C=O) groups is 1. The fourth-order valence-electron chi connectivity index (χ4n) is 3.54. The number of nitrogens with zero attached hydrogens (tertiary/aromatic N) is 1. The van der Waals surface area contributed by atoms with Gasteiger partial charge in [0.25, 0.3) is 10.0 Å². The molecule has 0 aliphatic carbocycles. The minimum atomic E-state index is -3.96. The molecule has 0 saturated heterocycles. The summed E-state index contributed by atoms with van der Waals surface area (Å²) in [5.41, 5.74) is 1.50. The summed E-state index contributed by atoms with van der Waals surface area (Å²) in [6, 6.07) is 22.6. The second kappa shape index (κ2) is 12.8. The van der Waals surface area contributed by atoms with E-state index in [1.807, 2.05) is 24.3 Å². The standard InChI is InChI=1S/C27H32N2O5S/c1-3-20-34-26-14-8-7-10-22(26)11-9-19-28-27(30)21-29(23-12-5-4-6-13-23)35(31,32)25-17-15-24(33-2)16-18-25/h4-8,10,12-18H,3,9,11,19-21H2,1-2H3,(H,28,30). The molecule has 7 nitrogen and oxygen atoms in total. The zero-order valence-electron chi connectivity index (χ0n) is 20.1. The van der Waals surface area contributed by atoms with Crippen molar-refractivity contribution in [1.29, 1.82) is 0 Å². The van der Waals surface area contributed by atoms with Crippen molar-refractivity contribution in [2.75, 3.05) is 31.1 Å². The summed E-state index contributed by atoms with van der Waals surface area (Å²) in [4.78, 5) is 12.8. The molecule has 186 valence electrons. The summed E-state index contributed by atoms with van der Waals surface area (Å²) in [5, 5.41) is 2.85. The zero-order chi connectivity index (χ0) is 25.1. The van der Waals surface area contributed by atoms with Crippen LogP contribution in [0.1, 0.15) is 25.3 Å². The molecule has 0 unspecified atom stereocenters. The number of rotatable bonds is 13. The molecule has 0 bridgehead atoms. The van der Waals surface area contributed by atoms with Crippen LogP contribution in [0.2, 0.25) is 0 Å².